The van der Waals surface area contributed by atoms with Gasteiger partial charge in [-0.25, -0.2) is 4.39 Å². The average molecular weight is 359 g/mol. The van der Waals surface area contributed by atoms with Crippen LogP contribution in [0.2, 0.25) is 0 Å². The normalized spacial score (nSPS) is 12.0. The van der Waals surface area contributed by atoms with Crippen LogP contribution in [-0.4, -0.2) is 38.2 Å². The van der Waals surface area contributed by atoms with E-state index in [1.54, 1.807) is 39.1 Å². The first kappa shape index (κ1) is 17.6. The molecule has 1 unspecified atom stereocenters. The molecule has 0 fully saturated rings. The number of hydrogen-bond acceptors (Lipinski definition) is 6. The van der Waals surface area contributed by atoms with E-state index in [1.165, 1.54) is 17.0 Å². The molecule has 0 saturated carbocycles. The van der Waals surface area contributed by atoms with Crippen molar-refractivity contribution in [2.24, 2.45) is 0 Å². The first-order valence-corrected chi connectivity index (χ1v) is 7.94. The lowest BCUT2D eigenvalue weighted by Crippen LogP contribution is -2.30. The highest BCUT2D eigenvalue weighted by atomic mass is 19.1. The summed E-state index contributed by atoms with van der Waals surface area (Å²) in [6.45, 7) is 3.54. The van der Waals surface area contributed by atoms with E-state index < -0.39 is 11.9 Å². The zero-order chi connectivity index (χ0) is 18.7. The van der Waals surface area contributed by atoms with E-state index in [0.29, 0.717) is 17.4 Å². The Morgan fingerprint density at radius 1 is 1.42 bits per heavy atom. The number of nitrogens with zero attached hydrogens (tertiary/aromatic N) is 4. The molecule has 1 N–H and O–H groups in total. The van der Waals surface area contributed by atoms with Gasteiger partial charge in [-0.15, -0.1) is 0 Å². The molecule has 9 heteroatoms. The van der Waals surface area contributed by atoms with Crippen molar-refractivity contribution in [3.05, 3.63) is 59.3 Å². The van der Waals surface area contributed by atoms with E-state index in [2.05, 4.69) is 20.3 Å². The summed E-state index contributed by atoms with van der Waals surface area (Å²) in [5.74, 6) is 0.206. The van der Waals surface area contributed by atoms with Crippen LogP contribution >= 0.6 is 0 Å². The minimum absolute atomic E-state index is 0.0589. The first-order chi connectivity index (χ1) is 12.5. The van der Waals surface area contributed by atoms with Crippen LogP contribution in [0.3, 0.4) is 0 Å². The number of carbonyl (C=O) groups is 1. The molecule has 2 aromatic heterocycles. The molecule has 3 aromatic rings. The highest BCUT2D eigenvalue weighted by Gasteiger charge is 2.25. The minimum atomic E-state index is -0.452. The van der Waals surface area contributed by atoms with E-state index in [4.69, 9.17) is 9.26 Å². The van der Waals surface area contributed by atoms with Crippen molar-refractivity contribution in [3.8, 4) is 5.75 Å². The topological polar surface area (TPSA) is 97.1 Å². The van der Waals surface area contributed by atoms with Crippen molar-refractivity contribution in [2.75, 3.05) is 7.05 Å². The number of para-hydroxylation sites is 1. The van der Waals surface area contributed by atoms with Crippen molar-refractivity contribution in [1.29, 1.82) is 0 Å². The van der Waals surface area contributed by atoms with Crippen LogP contribution in [0, 0.1) is 12.7 Å². The Labute approximate surface area is 149 Å². The standard InChI is InChI=1S/C17H18FN5O3/c1-10(16-19-11(2)22-26-16)23(3)17(24)14-8-12(20-21-14)9-25-15-7-5-4-6-13(15)18/h4-8,10H,9H2,1-3H3,(H,20,21). The second kappa shape index (κ2) is 7.34. The van der Waals surface area contributed by atoms with Crippen molar-refractivity contribution >= 4 is 5.91 Å². The van der Waals surface area contributed by atoms with Gasteiger partial charge >= 0.3 is 0 Å². The number of H-pyrrole nitrogens is 1. The highest BCUT2D eigenvalue weighted by Crippen LogP contribution is 2.20. The quantitative estimate of drug-likeness (QED) is 0.727. The van der Waals surface area contributed by atoms with Gasteiger partial charge in [-0.2, -0.15) is 10.1 Å². The smallest absolute Gasteiger partial charge is 0.274 e. The fourth-order valence-corrected chi connectivity index (χ4v) is 2.27. The third-order valence-corrected chi connectivity index (χ3v) is 3.87. The molecule has 0 aliphatic rings. The van der Waals surface area contributed by atoms with Crippen LogP contribution < -0.4 is 4.74 Å². The summed E-state index contributed by atoms with van der Waals surface area (Å²) < 4.78 is 24.0. The van der Waals surface area contributed by atoms with Gasteiger partial charge in [0, 0.05) is 7.05 Å². The van der Waals surface area contributed by atoms with Gasteiger partial charge < -0.3 is 14.2 Å². The minimum Gasteiger partial charge on any atom is -0.484 e. The summed E-state index contributed by atoms with van der Waals surface area (Å²) in [5.41, 5.74) is 0.758. The maximum Gasteiger partial charge on any atom is 0.274 e. The van der Waals surface area contributed by atoms with Crippen LogP contribution in [0.15, 0.2) is 34.9 Å². The molecule has 3 rings (SSSR count). The summed E-state index contributed by atoms with van der Waals surface area (Å²) >= 11 is 0. The lowest BCUT2D eigenvalue weighted by atomic mass is 10.2. The Hall–Kier alpha value is -3.23. The van der Waals surface area contributed by atoms with Crippen LogP contribution in [0.1, 0.15) is 40.9 Å². The predicted molar refractivity (Wildman–Crippen MR) is 88.9 cm³/mol. The molecule has 1 aromatic carbocycles. The summed E-state index contributed by atoms with van der Waals surface area (Å²) in [6, 6.07) is 7.25. The molecular formula is C17H18FN5O3. The Morgan fingerprint density at radius 3 is 2.88 bits per heavy atom. The Bertz CT molecular complexity index is 907. The molecule has 0 spiro atoms. The molecule has 2 heterocycles. The maximum atomic E-state index is 13.6. The van der Waals surface area contributed by atoms with Crippen LogP contribution in [-0.2, 0) is 6.61 Å². The Balaban J connectivity index is 1.65. The van der Waals surface area contributed by atoms with E-state index in [9.17, 15) is 9.18 Å². The molecule has 0 saturated heterocycles. The molecule has 1 amide bonds. The molecule has 1 atom stereocenters. The molecule has 8 nitrogen and oxygen atoms in total. The number of aromatic amines is 1. The fourth-order valence-electron chi connectivity index (χ4n) is 2.27. The summed E-state index contributed by atoms with van der Waals surface area (Å²) in [7, 11) is 1.62. The van der Waals surface area contributed by atoms with E-state index in [0.717, 1.165) is 0 Å². The second-order valence-corrected chi connectivity index (χ2v) is 5.77. The first-order valence-electron chi connectivity index (χ1n) is 7.94. The number of ether oxygens (including phenoxy) is 1. The van der Waals surface area contributed by atoms with Crippen molar-refractivity contribution in [1.82, 2.24) is 25.2 Å². The third kappa shape index (κ3) is 3.71. The molecule has 0 aliphatic heterocycles. The third-order valence-electron chi connectivity index (χ3n) is 3.87. The lowest BCUT2D eigenvalue weighted by molar-refractivity contribution is 0.0710. The van der Waals surface area contributed by atoms with Gasteiger partial charge in [-0.3, -0.25) is 9.89 Å². The zero-order valence-electron chi connectivity index (χ0n) is 14.6. The van der Waals surface area contributed by atoms with Gasteiger partial charge in [0.05, 0.1) is 5.69 Å². The van der Waals surface area contributed by atoms with Gasteiger partial charge in [0.2, 0.25) is 5.89 Å². The Morgan fingerprint density at radius 2 is 2.19 bits per heavy atom. The SMILES string of the molecule is Cc1noc(C(C)N(C)C(=O)c2cc(COc3ccccc3F)[nH]n2)n1. The van der Waals surface area contributed by atoms with Crippen molar-refractivity contribution in [3.63, 3.8) is 0 Å². The number of hydrogen-bond donors (Lipinski definition) is 1. The zero-order valence-corrected chi connectivity index (χ0v) is 14.6. The van der Waals surface area contributed by atoms with Crippen molar-refractivity contribution in [2.45, 2.75) is 26.5 Å². The van der Waals surface area contributed by atoms with Crippen LogP contribution in [0.5, 0.6) is 5.75 Å². The average Bonchev–Trinajstić information content (AvgIpc) is 3.28. The van der Waals surface area contributed by atoms with Crippen LogP contribution in [0.25, 0.3) is 0 Å². The number of amides is 1. The number of aryl methyl sites for hydroxylation is 1. The Kier molecular flexibility index (Phi) is 4.97. The number of halogens is 1. The number of aromatic nitrogens is 4. The largest absolute Gasteiger partial charge is 0.484 e. The molecule has 0 bridgehead atoms. The maximum absolute atomic E-state index is 13.6. The van der Waals surface area contributed by atoms with Gasteiger partial charge in [0.25, 0.3) is 5.91 Å². The lowest BCUT2D eigenvalue weighted by Gasteiger charge is -2.20. The van der Waals surface area contributed by atoms with E-state index in [-0.39, 0.29) is 24.0 Å². The summed E-state index contributed by atoms with van der Waals surface area (Å²) in [5, 5.41) is 10.4. The predicted octanol–water partition coefficient (Wildman–Crippen LogP) is 2.65. The molecule has 26 heavy (non-hydrogen) atoms. The van der Waals surface area contributed by atoms with Crippen LogP contribution in [0.4, 0.5) is 4.39 Å². The van der Waals surface area contributed by atoms with Gasteiger partial charge in [-0.05, 0) is 32.0 Å². The van der Waals surface area contributed by atoms with E-state index in [1.807, 2.05) is 0 Å². The van der Waals surface area contributed by atoms with Gasteiger partial charge in [0.15, 0.2) is 23.1 Å². The monoisotopic (exact) mass is 359 g/mol. The number of rotatable bonds is 6. The molecule has 136 valence electrons. The second-order valence-electron chi connectivity index (χ2n) is 5.77. The molecule has 0 aliphatic carbocycles. The van der Waals surface area contributed by atoms with Gasteiger partial charge in [0.1, 0.15) is 12.6 Å². The van der Waals surface area contributed by atoms with Crippen molar-refractivity contribution < 1.29 is 18.4 Å². The summed E-state index contributed by atoms with van der Waals surface area (Å²) in [4.78, 5) is 18.1. The number of carbonyl (C=O) groups excluding carboxylic acids is 1. The molecule has 0 radical (unpaired) electrons. The number of benzene rings is 1. The van der Waals surface area contributed by atoms with Gasteiger partial charge in [-0.1, -0.05) is 17.3 Å². The highest BCUT2D eigenvalue weighted by molar-refractivity contribution is 5.92. The fraction of sp³-hybridized carbons (Fsp3) is 0.294. The van der Waals surface area contributed by atoms with E-state index >= 15 is 0 Å². The number of nitrogens with one attached hydrogen (secondary N) is 1. The summed E-state index contributed by atoms with van der Waals surface area (Å²) in [6.07, 6.45) is 0. The molecular weight excluding hydrogens is 341 g/mol.